The fraction of sp³-hybridized carbons (Fsp3) is 0.571. The van der Waals surface area contributed by atoms with E-state index in [4.69, 9.17) is 0 Å². The molecule has 2 atom stereocenters. The number of halogens is 2. The van der Waals surface area contributed by atoms with Gasteiger partial charge in [0.1, 0.15) is 5.82 Å². The predicted octanol–water partition coefficient (Wildman–Crippen LogP) is 3.28. The molecule has 0 aromatic heterocycles. The first kappa shape index (κ1) is 15.9. The molecule has 1 aromatic rings. The number of hydrogen-bond donors (Lipinski definition) is 1. The summed E-state index contributed by atoms with van der Waals surface area (Å²) in [5.74, 6) is -0.0796. The summed E-state index contributed by atoms with van der Waals surface area (Å²) in [5, 5.41) is 0.793. The minimum Gasteiger partial charge on any atom is -0.208 e. The van der Waals surface area contributed by atoms with Crippen LogP contribution in [0.15, 0.2) is 17.0 Å². The lowest BCUT2D eigenvalue weighted by molar-refractivity contribution is 0.483. The highest BCUT2D eigenvalue weighted by Gasteiger charge is 2.31. The van der Waals surface area contributed by atoms with Gasteiger partial charge in [0.15, 0.2) is 0 Å². The summed E-state index contributed by atoms with van der Waals surface area (Å²) in [6.07, 6.45) is 2.92. The molecule has 20 heavy (non-hydrogen) atoms. The van der Waals surface area contributed by atoms with Crippen molar-refractivity contribution >= 4 is 26.0 Å². The van der Waals surface area contributed by atoms with Crippen LogP contribution in [0.5, 0.6) is 0 Å². The Hall–Kier alpha value is -0.460. The minimum atomic E-state index is -3.60. The SMILES string of the molecule is Cc1cc(F)cc(C)c1S(=O)(=O)NC1CCCC1CBr. The van der Waals surface area contributed by atoms with Gasteiger partial charge in [0.25, 0.3) is 0 Å². The first-order valence-corrected chi connectivity index (χ1v) is 9.30. The molecule has 0 spiro atoms. The van der Waals surface area contributed by atoms with E-state index in [2.05, 4.69) is 20.7 Å². The van der Waals surface area contributed by atoms with E-state index in [1.165, 1.54) is 12.1 Å². The van der Waals surface area contributed by atoms with Crippen LogP contribution in [0, 0.1) is 25.6 Å². The van der Waals surface area contributed by atoms with Crippen LogP contribution in [0.1, 0.15) is 30.4 Å². The van der Waals surface area contributed by atoms with Crippen molar-refractivity contribution in [3.8, 4) is 0 Å². The smallest absolute Gasteiger partial charge is 0.208 e. The fourth-order valence-corrected chi connectivity index (χ4v) is 5.52. The molecule has 1 N–H and O–H groups in total. The molecule has 0 saturated heterocycles. The zero-order valence-corrected chi connectivity index (χ0v) is 14.0. The molecule has 0 heterocycles. The number of aryl methyl sites for hydroxylation is 2. The molecule has 0 aliphatic heterocycles. The lowest BCUT2D eigenvalue weighted by Gasteiger charge is -2.20. The summed E-state index contributed by atoms with van der Waals surface area (Å²) in [4.78, 5) is 0.208. The maximum Gasteiger partial charge on any atom is 0.241 e. The van der Waals surface area contributed by atoms with Crippen molar-refractivity contribution < 1.29 is 12.8 Å². The quantitative estimate of drug-likeness (QED) is 0.834. The molecule has 1 aliphatic rings. The third-order valence-electron chi connectivity index (χ3n) is 3.86. The first-order chi connectivity index (χ1) is 9.35. The number of benzene rings is 1. The Kier molecular flexibility index (Phi) is 4.87. The van der Waals surface area contributed by atoms with Gasteiger partial charge in [-0.2, -0.15) is 0 Å². The largest absolute Gasteiger partial charge is 0.241 e. The van der Waals surface area contributed by atoms with Crippen LogP contribution in [0.25, 0.3) is 0 Å². The number of rotatable bonds is 4. The Balaban J connectivity index is 2.32. The fourth-order valence-electron chi connectivity index (χ4n) is 2.96. The second-order valence-corrected chi connectivity index (χ2v) is 7.74. The molecule has 0 bridgehead atoms. The highest BCUT2D eigenvalue weighted by molar-refractivity contribution is 9.09. The average molecular weight is 364 g/mol. The molecule has 2 unspecified atom stereocenters. The summed E-state index contributed by atoms with van der Waals surface area (Å²) in [6, 6.07) is 2.49. The van der Waals surface area contributed by atoms with Crippen molar-refractivity contribution in [2.24, 2.45) is 5.92 Å². The van der Waals surface area contributed by atoms with E-state index in [9.17, 15) is 12.8 Å². The van der Waals surface area contributed by atoms with Gasteiger partial charge in [0.2, 0.25) is 10.0 Å². The van der Waals surface area contributed by atoms with E-state index in [0.29, 0.717) is 17.0 Å². The molecule has 1 aliphatic carbocycles. The van der Waals surface area contributed by atoms with Crippen LogP contribution in [-0.2, 0) is 10.0 Å². The Morgan fingerprint density at radius 1 is 1.30 bits per heavy atom. The number of nitrogens with one attached hydrogen (secondary N) is 1. The van der Waals surface area contributed by atoms with Crippen LogP contribution in [0.2, 0.25) is 0 Å². The Labute approximate surface area is 128 Å². The number of sulfonamides is 1. The summed E-state index contributed by atoms with van der Waals surface area (Å²) >= 11 is 3.43. The maximum atomic E-state index is 13.3. The lowest BCUT2D eigenvalue weighted by atomic mass is 10.1. The van der Waals surface area contributed by atoms with Gasteiger partial charge >= 0.3 is 0 Å². The highest BCUT2D eigenvalue weighted by Crippen LogP contribution is 2.29. The van der Waals surface area contributed by atoms with Crippen molar-refractivity contribution in [3.63, 3.8) is 0 Å². The summed E-state index contributed by atoms with van der Waals surface area (Å²) in [6.45, 7) is 3.25. The standard InChI is InChI=1S/C14H19BrFNO2S/c1-9-6-12(16)7-10(2)14(9)20(18,19)17-13-5-3-4-11(13)8-15/h6-7,11,13,17H,3-5,8H2,1-2H3. The molecule has 112 valence electrons. The van der Waals surface area contributed by atoms with Gasteiger partial charge in [0, 0.05) is 11.4 Å². The summed E-state index contributed by atoms with van der Waals surface area (Å²) in [5.41, 5.74) is 0.895. The van der Waals surface area contributed by atoms with Crippen molar-refractivity contribution in [2.75, 3.05) is 5.33 Å². The molecule has 2 rings (SSSR count). The topological polar surface area (TPSA) is 46.2 Å². The van der Waals surface area contributed by atoms with Gasteiger partial charge in [-0.25, -0.2) is 17.5 Å². The first-order valence-electron chi connectivity index (χ1n) is 6.70. The maximum absolute atomic E-state index is 13.3. The third-order valence-corrected chi connectivity index (χ3v) is 6.48. The van der Waals surface area contributed by atoms with E-state index in [0.717, 1.165) is 24.6 Å². The molecule has 6 heteroatoms. The van der Waals surface area contributed by atoms with Gasteiger partial charge in [-0.1, -0.05) is 22.4 Å². The monoisotopic (exact) mass is 363 g/mol. The molecule has 0 amide bonds. The molecule has 1 saturated carbocycles. The van der Waals surface area contributed by atoms with Crippen molar-refractivity contribution in [1.29, 1.82) is 0 Å². The Morgan fingerprint density at radius 3 is 2.45 bits per heavy atom. The summed E-state index contributed by atoms with van der Waals surface area (Å²) in [7, 11) is -3.60. The molecule has 3 nitrogen and oxygen atoms in total. The predicted molar refractivity (Wildman–Crippen MR) is 81.1 cm³/mol. The van der Waals surface area contributed by atoms with Crippen LogP contribution in [0.4, 0.5) is 4.39 Å². The van der Waals surface area contributed by atoms with Crippen LogP contribution in [-0.4, -0.2) is 19.8 Å². The number of alkyl halides is 1. The highest BCUT2D eigenvalue weighted by atomic mass is 79.9. The molecule has 0 radical (unpaired) electrons. The van der Waals surface area contributed by atoms with E-state index in [1.807, 2.05) is 0 Å². The molecular formula is C14H19BrFNO2S. The number of hydrogen-bond acceptors (Lipinski definition) is 2. The van der Waals surface area contributed by atoms with Crippen molar-refractivity contribution in [3.05, 3.63) is 29.1 Å². The van der Waals surface area contributed by atoms with E-state index in [-0.39, 0.29) is 10.9 Å². The van der Waals surface area contributed by atoms with E-state index in [1.54, 1.807) is 13.8 Å². The van der Waals surface area contributed by atoms with Crippen LogP contribution in [0.3, 0.4) is 0 Å². The lowest BCUT2D eigenvalue weighted by Crippen LogP contribution is -2.38. The Morgan fingerprint density at radius 2 is 1.90 bits per heavy atom. The second-order valence-electron chi connectivity index (χ2n) is 5.44. The summed E-state index contributed by atoms with van der Waals surface area (Å²) < 4.78 is 41.2. The average Bonchev–Trinajstić information content (AvgIpc) is 2.73. The molecular weight excluding hydrogens is 345 g/mol. The Bertz CT molecular complexity index is 580. The molecule has 1 fully saturated rings. The molecule has 1 aromatic carbocycles. The van der Waals surface area contributed by atoms with Gasteiger partial charge in [-0.15, -0.1) is 0 Å². The van der Waals surface area contributed by atoms with Crippen LogP contribution >= 0.6 is 15.9 Å². The zero-order valence-electron chi connectivity index (χ0n) is 11.6. The van der Waals surface area contributed by atoms with Crippen LogP contribution < -0.4 is 4.72 Å². The van der Waals surface area contributed by atoms with Crippen molar-refractivity contribution in [1.82, 2.24) is 4.72 Å². The van der Waals surface area contributed by atoms with Gasteiger partial charge in [0.05, 0.1) is 4.90 Å². The zero-order chi connectivity index (χ0) is 14.9. The normalized spacial score (nSPS) is 23.2. The van der Waals surface area contributed by atoms with Gasteiger partial charge in [-0.3, -0.25) is 0 Å². The van der Waals surface area contributed by atoms with Gasteiger partial charge < -0.3 is 0 Å². The third kappa shape index (κ3) is 3.23. The van der Waals surface area contributed by atoms with E-state index >= 15 is 0 Å². The van der Waals surface area contributed by atoms with Gasteiger partial charge in [-0.05, 0) is 55.9 Å². The second kappa shape index (κ2) is 6.12. The van der Waals surface area contributed by atoms with Crippen molar-refractivity contribution in [2.45, 2.75) is 44.0 Å². The minimum absolute atomic E-state index is 0.0387. The van der Waals surface area contributed by atoms with E-state index < -0.39 is 15.8 Å².